The number of hydrogen-bond acceptors (Lipinski definition) is 4. The monoisotopic (exact) mass is 415 g/mol. The molecule has 2 aliphatic rings. The molecule has 0 spiro atoms. The molecule has 1 heterocycles. The number of allylic oxidation sites excluding steroid dienone is 3. The number of aryl methyl sites for hydroxylation is 1. The van der Waals surface area contributed by atoms with Crippen LogP contribution in [0.3, 0.4) is 0 Å². The highest BCUT2D eigenvalue weighted by atomic mass is 32.2. The molecule has 6 heteroatoms. The second-order valence-corrected chi connectivity index (χ2v) is 9.75. The van der Waals surface area contributed by atoms with Crippen LogP contribution in [-0.4, -0.2) is 38.4 Å². The number of sulfonamides is 1. The highest BCUT2D eigenvalue weighted by molar-refractivity contribution is 7.89. The average molecular weight is 416 g/mol. The van der Waals surface area contributed by atoms with Gasteiger partial charge >= 0.3 is 5.97 Å². The summed E-state index contributed by atoms with van der Waals surface area (Å²) in [7, 11) is -3.56. The van der Waals surface area contributed by atoms with E-state index >= 15 is 0 Å². The smallest absolute Gasteiger partial charge is 0.331 e. The maximum absolute atomic E-state index is 13.1. The summed E-state index contributed by atoms with van der Waals surface area (Å²) in [5, 5.41) is 0. The molecule has 0 bridgehead atoms. The van der Waals surface area contributed by atoms with Crippen LogP contribution in [0.1, 0.15) is 32.3 Å². The van der Waals surface area contributed by atoms with Gasteiger partial charge in [0, 0.05) is 25.1 Å². The molecule has 29 heavy (non-hydrogen) atoms. The molecule has 0 N–H and O–H groups in total. The van der Waals surface area contributed by atoms with Crippen molar-refractivity contribution in [2.45, 2.75) is 38.5 Å². The van der Waals surface area contributed by atoms with Gasteiger partial charge in [-0.15, -0.1) is 0 Å². The van der Waals surface area contributed by atoms with Gasteiger partial charge in [-0.2, -0.15) is 4.31 Å². The zero-order valence-electron chi connectivity index (χ0n) is 17.3. The lowest BCUT2D eigenvalue weighted by Gasteiger charge is -2.16. The lowest BCUT2D eigenvalue weighted by Crippen LogP contribution is -2.28. The molecule has 1 aromatic carbocycles. The highest BCUT2D eigenvalue weighted by Gasteiger charge is 2.35. The molecular formula is C23H29NO4S. The van der Waals surface area contributed by atoms with Gasteiger partial charge in [0.2, 0.25) is 10.0 Å². The summed E-state index contributed by atoms with van der Waals surface area (Å²) < 4.78 is 32.8. The number of hydrogen-bond donors (Lipinski definition) is 0. The van der Waals surface area contributed by atoms with E-state index in [0.29, 0.717) is 30.5 Å². The second kappa shape index (κ2) is 9.09. The van der Waals surface area contributed by atoms with Gasteiger partial charge < -0.3 is 4.74 Å². The molecule has 1 aliphatic carbocycles. The molecule has 0 amide bonds. The minimum absolute atomic E-state index is 0.0152. The van der Waals surface area contributed by atoms with Crippen molar-refractivity contribution in [2.75, 3.05) is 19.7 Å². The van der Waals surface area contributed by atoms with Crippen molar-refractivity contribution >= 4 is 16.0 Å². The molecule has 1 aromatic rings. The van der Waals surface area contributed by atoms with Gasteiger partial charge in [-0.3, -0.25) is 0 Å². The van der Waals surface area contributed by atoms with Gasteiger partial charge in [0.15, 0.2) is 0 Å². The van der Waals surface area contributed by atoms with Crippen LogP contribution in [0.5, 0.6) is 0 Å². The number of benzene rings is 1. The fraction of sp³-hybridized carbons (Fsp3) is 0.435. The summed E-state index contributed by atoms with van der Waals surface area (Å²) in [6.07, 6.45) is 9.51. The molecule has 0 saturated carbocycles. The third kappa shape index (κ3) is 5.25. The molecule has 3 rings (SSSR count). The summed E-state index contributed by atoms with van der Waals surface area (Å²) >= 11 is 0. The first-order valence-corrected chi connectivity index (χ1v) is 11.6. The summed E-state index contributed by atoms with van der Waals surface area (Å²) in [6, 6.07) is 6.96. The zero-order valence-corrected chi connectivity index (χ0v) is 18.1. The molecule has 0 aromatic heterocycles. The Bertz CT molecular complexity index is 942. The normalized spacial score (nSPS) is 26.2. The predicted octanol–water partition coefficient (Wildman–Crippen LogP) is 4.02. The van der Waals surface area contributed by atoms with E-state index in [4.69, 9.17) is 4.74 Å². The summed E-state index contributed by atoms with van der Waals surface area (Å²) in [5.41, 5.74) is 2.94. The van der Waals surface area contributed by atoms with Gasteiger partial charge in [-0.05, 0) is 55.9 Å². The second-order valence-electron chi connectivity index (χ2n) is 7.81. The van der Waals surface area contributed by atoms with Gasteiger partial charge in [0.1, 0.15) is 0 Å². The van der Waals surface area contributed by atoms with E-state index in [2.05, 4.69) is 19.1 Å². The van der Waals surface area contributed by atoms with Crippen LogP contribution >= 0.6 is 0 Å². The first kappa shape index (κ1) is 21.5. The Kier molecular flexibility index (Phi) is 6.75. The van der Waals surface area contributed by atoms with Crippen molar-refractivity contribution in [2.24, 2.45) is 11.8 Å². The van der Waals surface area contributed by atoms with Crippen molar-refractivity contribution < 1.29 is 17.9 Å². The van der Waals surface area contributed by atoms with Crippen molar-refractivity contribution in [1.82, 2.24) is 4.31 Å². The third-order valence-electron chi connectivity index (χ3n) is 5.42. The maximum Gasteiger partial charge on any atom is 0.331 e. The molecule has 0 unspecified atom stereocenters. The van der Waals surface area contributed by atoms with Crippen LogP contribution in [0.15, 0.2) is 64.6 Å². The Morgan fingerprint density at radius 3 is 2.66 bits per heavy atom. The van der Waals surface area contributed by atoms with Crippen molar-refractivity contribution in [3.63, 3.8) is 0 Å². The number of carbonyl (C=O) groups excluding carboxylic acids is 1. The van der Waals surface area contributed by atoms with Gasteiger partial charge in [0.05, 0.1) is 11.5 Å². The van der Waals surface area contributed by atoms with Crippen molar-refractivity contribution in [3.05, 3.63) is 65.3 Å². The third-order valence-corrected chi connectivity index (χ3v) is 7.24. The number of carbonyl (C=O) groups is 1. The van der Waals surface area contributed by atoms with Crippen molar-refractivity contribution in [1.29, 1.82) is 0 Å². The van der Waals surface area contributed by atoms with Crippen LogP contribution in [0.4, 0.5) is 0 Å². The Labute approximate surface area is 173 Å². The van der Waals surface area contributed by atoms with Crippen LogP contribution in [-0.2, 0) is 19.6 Å². The van der Waals surface area contributed by atoms with Gasteiger partial charge in [-0.1, -0.05) is 42.8 Å². The van der Waals surface area contributed by atoms with E-state index in [1.807, 2.05) is 25.1 Å². The fourth-order valence-corrected chi connectivity index (χ4v) is 5.13. The first-order chi connectivity index (χ1) is 13.8. The Morgan fingerprint density at radius 1 is 1.24 bits per heavy atom. The molecule has 0 radical (unpaired) electrons. The van der Waals surface area contributed by atoms with E-state index in [0.717, 1.165) is 29.6 Å². The molecule has 5 nitrogen and oxygen atoms in total. The maximum atomic E-state index is 13.1. The van der Waals surface area contributed by atoms with Crippen LogP contribution in [0.25, 0.3) is 0 Å². The molecular weight excluding hydrogens is 386 g/mol. The minimum atomic E-state index is -3.56. The highest BCUT2D eigenvalue weighted by Crippen LogP contribution is 2.32. The number of nitrogens with zero attached hydrogens (tertiary/aromatic N) is 1. The van der Waals surface area contributed by atoms with E-state index < -0.39 is 10.0 Å². The number of esters is 1. The molecule has 2 atom stereocenters. The summed E-state index contributed by atoms with van der Waals surface area (Å²) in [6.45, 7) is 6.94. The van der Waals surface area contributed by atoms with E-state index in [1.54, 1.807) is 25.1 Å². The number of fused-ring (bicyclic) bond motifs is 1. The van der Waals surface area contributed by atoms with Gasteiger partial charge in [0.25, 0.3) is 0 Å². The van der Waals surface area contributed by atoms with E-state index in [-0.39, 0.29) is 11.9 Å². The largest absolute Gasteiger partial charge is 0.463 e. The number of rotatable bonds is 4. The lowest BCUT2D eigenvalue weighted by atomic mass is 9.99. The Balaban J connectivity index is 1.91. The Morgan fingerprint density at radius 2 is 1.97 bits per heavy atom. The van der Waals surface area contributed by atoms with Crippen LogP contribution in [0.2, 0.25) is 0 Å². The zero-order chi connectivity index (χ0) is 21.0. The SMILES string of the molecule is CCOC(=O)/C=C1\C=C2\CN(S(=O)(=O)c3ccc(C)cc3)C[C@@H]2C=C[C@H](C)CC1. The van der Waals surface area contributed by atoms with E-state index in [1.165, 1.54) is 4.31 Å². The molecule has 1 fully saturated rings. The van der Waals surface area contributed by atoms with Gasteiger partial charge in [-0.25, -0.2) is 13.2 Å². The quantitative estimate of drug-likeness (QED) is 0.423. The first-order valence-electron chi connectivity index (χ1n) is 10.1. The molecule has 1 aliphatic heterocycles. The Hall–Kier alpha value is -2.18. The summed E-state index contributed by atoms with van der Waals surface area (Å²) in [4.78, 5) is 12.3. The number of ether oxygens (including phenoxy) is 1. The minimum Gasteiger partial charge on any atom is -0.463 e. The molecule has 156 valence electrons. The molecule has 1 saturated heterocycles. The average Bonchev–Trinajstić information content (AvgIpc) is 3.09. The summed E-state index contributed by atoms with van der Waals surface area (Å²) in [5.74, 6) is 0.0235. The van der Waals surface area contributed by atoms with Crippen LogP contribution in [0, 0.1) is 18.8 Å². The van der Waals surface area contributed by atoms with Crippen molar-refractivity contribution in [3.8, 4) is 0 Å². The standard InChI is InChI=1S/C23H29NO4S/c1-4-28-23(25)14-19-9-5-17(2)6-10-20-15-24(16-21(20)13-19)29(26,27)22-11-7-18(3)8-12-22/h6-8,10-14,17,20H,4-5,9,15-16H2,1-3H3/b10-6?,19-14-,21-13-/t17-,20+/m1/s1. The topological polar surface area (TPSA) is 63.7 Å². The predicted molar refractivity (Wildman–Crippen MR) is 114 cm³/mol. The lowest BCUT2D eigenvalue weighted by molar-refractivity contribution is -0.137. The fourth-order valence-electron chi connectivity index (χ4n) is 3.68. The van der Waals surface area contributed by atoms with Crippen LogP contribution < -0.4 is 0 Å². The van der Waals surface area contributed by atoms with E-state index in [9.17, 15) is 13.2 Å².